The fourth-order valence-electron chi connectivity index (χ4n) is 4.21. The van der Waals surface area contributed by atoms with Gasteiger partial charge >= 0.3 is 6.09 Å². The van der Waals surface area contributed by atoms with E-state index in [0.29, 0.717) is 6.42 Å². The third-order valence-electron chi connectivity index (χ3n) is 5.81. The van der Waals surface area contributed by atoms with Gasteiger partial charge in [-0.3, -0.25) is 9.08 Å². The minimum absolute atomic E-state index is 0.0338. The fraction of sp³-hybridized carbons (Fsp3) is 0.296. The molecular weight excluding hydrogens is 466 g/mol. The van der Waals surface area contributed by atoms with Gasteiger partial charge in [0, 0.05) is 6.42 Å². The molecule has 3 aromatic rings. The highest BCUT2D eigenvalue weighted by atomic mass is 32.2. The number of hydrogen-bond acceptors (Lipinski definition) is 6. The number of carbonyl (C=O) groups excluding carboxylic acids is 1. The van der Waals surface area contributed by atoms with Gasteiger partial charge in [-0.05, 0) is 16.7 Å². The van der Waals surface area contributed by atoms with Gasteiger partial charge in [0.25, 0.3) is 10.1 Å². The van der Waals surface area contributed by atoms with Crippen molar-refractivity contribution in [2.24, 2.45) is 0 Å². The predicted octanol–water partition coefficient (Wildman–Crippen LogP) is 4.87. The first-order chi connectivity index (χ1) is 16.9. The second-order valence-electron chi connectivity index (χ2n) is 8.45. The molecule has 7 nitrogen and oxygen atoms in total. The summed E-state index contributed by atoms with van der Waals surface area (Å²) in [6, 6.07) is 28.5. The average Bonchev–Trinajstić information content (AvgIpc) is 2.87. The Labute approximate surface area is 206 Å². The molecule has 3 aromatic carbocycles. The number of amides is 1. The zero-order chi connectivity index (χ0) is 24.7. The van der Waals surface area contributed by atoms with Crippen LogP contribution in [0.25, 0.3) is 0 Å². The van der Waals surface area contributed by atoms with E-state index < -0.39 is 34.5 Å². The number of benzene rings is 3. The van der Waals surface area contributed by atoms with E-state index in [1.807, 2.05) is 91.0 Å². The van der Waals surface area contributed by atoms with Crippen LogP contribution in [0.5, 0.6) is 0 Å². The van der Waals surface area contributed by atoms with Crippen molar-refractivity contribution in [3.05, 3.63) is 108 Å². The van der Waals surface area contributed by atoms with Crippen LogP contribution in [0.2, 0.25) is 0 Å². The summed E-state index contributed by atoms with van der Waals surface area (Å²) in [6.45, 7) is 0.355. The fourth-order valence-corrected chi connectivity index (χ4v) is 4.61. The Balaban J connectivity index is 1.63. The third-order valence-corrected chi connectivity index (χ3v) is 6.40. The molecule has 1 amide bonds. The van der Waals surface area contributed by atoms with Gasteiger partial charge in [0.05, 0.1) is 31.6 Å². The second-order valence-corrected chi connectivity index (χ2v) is 10.1. The van der Waals surface area contributed by atoms with Gasteiger partial charge in [0.1, 0.15) is 12.7 Å². The number of carbonyl (C=O) groups is 1. The number of hydrogen-bond donors (Lipinski definition) is 0. The second kappa shape index (κ2) is 11.5. The Bertz CT molecular complexity index is 1190. The summed E-state index contributed by atoms with van der Waals surface area (Å²) in [4.78, 5) is 15.1. The zero-order valence-electron chi connectivity index (χ0n) is 19.5. The molecule has 0 aromatic heterocycles. The summed E-state index contributed by atoms with van der Waals surface area (Å²) in [6.07, 6.45) is -0.0485. The maximum absolute atomic E-state index is 13.4. The van der Waals surface area contributed by atoms with E-state index in [4.69, 9.17) is 13.7 Å². The highest BCUT2D eigenvalue weighted by molar-refractivity contribution is 7.85. The Morgan fingerprint density at radius 3 is 2.09 bits per heavy atom. The van der Waals surface area contributed by atoms with Gasteiger partial charge in [-0.1, -0.05) is 91.0 Å². The monoisotopic (exact) mass is 495 g/mol. The quantitative estimate of drug-likeness (QED) is 0.415. The van der Waals surface area contributed by atoms with Crippen molar-refractivity contribution in [3.8, 4) is 0 Å². The lowest BCUT2D eigenvalue weighted by atomic mass is 9.92. The molecule has 0 spiro atoms. The first-order valence-corrected chi connectivity index (χ1v) is 13.3. The summed E-state index contributed by atoms with van der Waals surface area (Å²) in [5.41, 5.74) is 2.72. The summed E-state index contributed by atoms with van der Waals surface area (Å²) in [5, 5.41) is 0. The summed E-state index contributed by atoms with van der Waals surface area (Å²) in [7, 11) is -3.57. The molecule has 0 aliphatic carbocycles. The van der Waals surface area contributed by atoms with Crippen LogP contribution in [0.4, 0.5) is 4.79 Å². The van der Waals surface area contributed by atoms with E-state index >= 15 is 0 Å². The smallest absolute Gasteiger partial charge is 0.410 e. The maximum Gasteiger partial charge on any atom is 0.410 e. The van der Waals surface area contributed by atoms with Crippen LogP contribution >= 0.6 is 0 Å². The standard InChI is InChI=1S/C27H29NO6S/c1-35(30,31)33-18-17-24-19-28(27(29)32-20-21-11-5-2-6-12-21)25(22-13-7-3-8-14-22)26(34-24)23-15-9-4-10-16-23/h2-16,24-26H,17-20H2,1H3/t24-,25+,26-/m0/s1. The molecule has 1 heterocycles. The van der Waals surface area contributed by atoms with Crippen LogP contribution in [0, 0.1) is 0 Å². The Morgan fingerprint density at radius 2 is 1.49 bits per heavy atom. The van der Waals surface area contributed by atoms with Gasteiger partial charge in [0.15, 0.2) is 0 Å². The highest BCUT2D eigenvalue weighted by Crippen LogP contribution is 2.42. The molecule has 1 aliphatic heterocycles. The van der Waals surface area contributed by atoms with Crippen LogP contribution in [0.1, 0.15) is 35.3 Å². The van der Waals surface area contributed by atoms with Crippen LogP contribution in [-0.4, -0.2) is 44.9 Å². The van der Waals surface area contributed by atoms with E-state index in [9.17, 15) is 13.2 Å². The molecule has 0 unspecified atom stereocenters. The molecule has 35 heavy (non-hydrogen) atoms. The van der Waals surface area contributed by atoms with E-state index in [1.54, 1.807) is 4.90 Å². The minimum atomic E-state index is -3.57. The van der Waals surface area contributed by atoms with Gasteiger partial charge in [-0.2, -0.15) is 8.42 Å². The first kappa shape index (κ1) is 24.9. The van der Waals surface area contributed by atoms with Gasteiger partial charge < -0.3 is 9.47 Å². The molecule has 0 N–H and O–H groups in total. The maximum atomic E-state index is 13.4. The van der Waals surface area contributed by atoms with Crippen molar-refractivity contribution in [1.29, 1.82) is 0 Å². The van der Waals surface area contributed by atoms with Crippen LogP contribution < -0.4 is 0 Å². The van der Waals surface area contributed by atoms with E-state index in [1.165, 1.54) is 0 Å². The molecule has 184 valence electrons. The molecule has 0 bridgehead atoms. The summed E-state index contributed by atoms with van der Waals surface area (Å²) < 4.78 is 40.0. The largest absolute Gasteiger partial charge is 0.445 e. The van der Waals surface area contributed by atoms with E-state index in [0.717, 1.165) is 22.9 Å². The van der Waals surface area contributed by atoms with E-state index in [2.05, 4.69) is 0 Å². The molecule has 4 rings (SSSR count). The first-order valence-electron chi connectivity index (χ1n) is 11.5. The van der Waals surface area contributed by atoms with Crippen molar-refractivity contribution in [3.63, 3.8) is 0 Å². The SMILES string of the molecule is CS(=O)(=O)OCC[C@H]1CN(C(=O)OCc2ccccc2)[C@H](c2ccccc2)[C@H](c2ccccc2)O1. The third kappa shape index (κ3) is 6.91. The van der Waals surface area contributed by atoms with Crippen molar-refractivity contribution >= 4 is 16.2 Å². The molecule has 8 heteroatoms. The van der Waals surface area contributed by atoms with Crippen molar-refractivity contribution in [2.75, 3.05) is 19.4 Å². The Morgan fingerprint density at radius 1 is 0.914 bits per heavy atom. The number of morpholine rings is 1. The normalized spacial score (nSPS) is 20.4. The zero-order valence-corrected chi connectivity index (χ0v) is 20.3. The van der Waals surface area contributed by atoms with Gasteiger partial charge in [-0.15, -0.1) is 0 Å². The Kier molecular flexibility index (Phi) is 8.17. The van der Waals surface area contributed by atoms with Crippen LogP contribution in [0.3, 0.4) is 0 Å². The lowest BCUT2D eigenvalue weighted by Gasteiger charge is -2.44. The van der Waals surface area contributed by atoms with Crippen molar-refractivity contribution < 1.29 is 26.9 Å². The lowest BCUT2D eigenvalue weighted by molar-refractivity contribution is -0.122. The summed E-state index contributed by atoms with van der Waals surface area (Å²) >= 11 is 0. The van der Waals surface area contributed by atoms with Gasteiger partial charge in [-0.25, -0.2) is 4.79 Å². The molecule has 1 fully saturated rings. The predicted molar refractivity (Wildman–Crippen MR) is 132 cm³/mol. The van der Waals surface area contributed by atoms with Crippen molar-refractivity contribution in [2.45, 2.75) is 31.3 Å². The van der Waals surface area contributed by atoms with E-state index in [-0.39, 0.29) is 19.8 Å². The highest BCUT2D eigenvalue weighted by Gasteiger charge is 2.41. The molecule has 1 saturated heterocycles. The van der Waals surface area contributed by atoms with Crippen LogP contribution in [-0.2, 0) is 30.4 Å². The molecule has 0 radical (unpaired) electrons. The van der Waals surface area contributed by atoms with Crippen molar-refractivity contribution in [1.82, 2.24) is 4.90 Å². The number of nitrogens with zero attached hydrogens (tertiary/aromatic N) is 1. The van der Waals surface area contributed by atoms with Gasteiger partial charge in [0.2, 0.25) is 0 Å². The molecule has 0 saturated carbocycles. The number of ether oxygens (including phenoxy) is 2. The minimum Gasteiger partial charge on any atom is -0.445 e. The molecule has 1 aliphatic rings. The molecule has 3 atom stereocenters. The lowest BCUT2D eigenvalue weighted by Crippen LogP contribution is -2.49. The average molecular weight is 496 g/mol. The summed E-state index contributed by atoms with van der Waals surface area (Å²) in [5.74, 6) is 0. The Hall–Kier alpha value is -3.20. The number of rotatable bonds is 8. The topological polar surface area (TPSA) is 82.1 Å². The molecular formula is C27H29NO6S. The van der Waals surface area contributed by atoms with Crippen LogP contribution in [0.15, 0.2) is 91.0 Å².